The van der Waals surface area contributed by atoms with Crippen molar-refractivity contribution in [1.82, 2.24) is 10.3 Å². The number of hydrogen-bond donors (Lipinski definition) is 2. The highest BCUT2D eigenvalue weighted by Gasteiger charge is 2.16. The van der Waals surface area contributed by atoms with Crippen molar-refractivity contribution in [2.45, 2.75) is 6.54 Å². The van der Waals surface area contributed by atoms with Crippen LogP contribution in [0, 0.1) is 10.1 Å². The van der Waals surface area contributed by atoms with Gasteiger partial charge in [0.15, 0.2) is 0 Å². The number of rotatable bonds is 5. The third kappa shape index (κ3) is 3.09. The van der Waals surface area contributed by atoms with Crippen LogP contribution in [0.2, 0.25) is 0 Å². The molecule has 0 atom stereocenters. The second-order valence-electron chi connectivity index (χ2n) is 3.85. The van der Waals surface area contributed by atoms with Gasteiger partial charge in [-0.05, 0) is 6.07 Å². The number of anilines is 1. The first-order valence-electron chi connectivity index (χ1n) is 5.74. The molecule has 1 aromatic carbocycles. The first-order valence-corrected chi connectivity index (χ1v) is 6.62. The molecule has 104 valence electrons. The molecule has 8 heteroatoms. The smallest absolute Gasteiger partial charge is 0.270 e. The van der Waals surface area contributed by atoms with E-state index < -0.39 is 4.92 Å². The number of hydrogen-bond acceptors (Lipinski definition) is 6. The van der Waals surface area contributed by atoms with Crippen molar-refractivity contribution in [1.29, 1.82) is 0 Å². The van der Waals surface area contributed by atoms with E-state index in [4.69, 9.17) is 0 Å². The van der Waals surface area contributed by atoms with Crippen LogP contribution in [0.5, 0.6) is 0 Å². The average molecular weight is 292 g/mol. The van der Waals surface area contributed by atoms with E-state index in [1.807, 2.05) is 5.38 Å². The van der Waals surface area contributed by atoms with Gasteiger partial charge in [0.05, 0.1) is 17.0 Å². The Balaban J connectivity index is 2.18. The molecule has 2 aromatic rings. The average Bonchev–Trinajstić information content (AvgIpc) is 2.97. The van der Waals surface area contributed by atoms with Gasteiger partial charge in [0.2, 0.25) is 0 Å². The van der Waals surface area contributed by atoms with Crippen molar-refractivity contribution < 1.29 is 9.72 Å². The molecule has 0 saturated carbocycles. The van der Waals surface area contributed by atoms with Crippen molar-refractivity contribution >= 4 is 28.6 Å². The molecule has 0 aliphatic heterocycles. The largest absolute Gasteiger partial charge is 0.387 e. The molecule has 1 amide bonds. The van der Waals surface area contributed by atoms with Gasteiger partial charge in [-0.3, -0.25) is 14.9 Å². The van der Waals surface area contributed by atoms with Crippen LogP contribution in [0.15, 0.2) is 29.8 Å². The highest BCUT2D eigenvalue weighted by atomic mass is 32.1. The lowest BCUT2D eigenvalue weighted by atomic mass is 10.1. The molecule has 20 heavy (non-hydrogen) atoms. The number of thiazole rings is 1. The summed E-state index contributed by atoms with van der Waals surface area (Å²) in [7, 11) is 1.65. The van der Waals surface area contributed by atoms with Crippen LogP contribution in [-0.4, -0.2) is 22.9 Å². The molecule has 0 unspecified atom stereocenters. The van der Waals surface area contributed by atoms with Gasteiger partial charge in [0.25, 0.3) is 11.6 Å². The number of nitrogens with zero attached hydrogens (tertiary/aromatic N) is 2. The Kier molecular flexibility index (Phi) is 4.26. The van der Waals surface area contributed by atoms with E-state index in [1.165, 1.54) is 29.5 Å². The monoisotopic (exact) mass is 292 g/mol. The van der Waals surface area contributed by atoms with E-state index in [0.29, 0.717) is 12.2 Å². The molecular formula is C12H12N4O3S. The van der Waals surface area contributed by atoms with Gasteiger partial charge in [-0.25, -0.2) is 4.98 Å². The van der Waals surface area contributed by atoms with E-state index >= 15 is 0 Å². The first-order chi connectivity index (χ1) is 9.61. The number of carbonyl (C=O) groups is 1. The molecule has 0 spiro atoms. The topological polar surface area (TPSA) is 97.2 Å². The van der Waals surface area contributed by atoms with Gasteiger partial charge >= 0.3 is 0 Å². The Morgan fingerprint density at radius 3 is 2.90 bits per heavy atom. The number of nitrogens with one attached hydrogen (secondary N) is 2. The summed E-state index contributed by atoms with van der Waals surface area (Å²) in [6, 6.07) is 4.11. The summed E-state index contributed by atoms with van der Waals surface area (Å²) in [5, 5.41) is 18.9. The highest BCUT2D eigenvalue weighted by molar-refractivity contribution is 7.09. The number of aromatic nitrogens is 1. The van der Waals surface area contributed by atoms with Gasteiger partial charge in [0.1, 0.15) is 5.01 Å². The van der Waals surface area contributed by atoms with Crippen molar-refractivity contribution in [3.05, 3.63) is 50.5 Å². The van der Waals surface area contributed by atoms with Gasteiger partial charge in [-0.2, -0.15) is 0 Å². The van der Waals surface area contributed by atoms with Crippen LogP contribution < -0.4 is 10.6 Å². The number of nitro groups is 1. The lowest BCUT2D eigenvalue weighted by molar-refractivity contribution is -0.384. The highest BCUT2D eigenvalue weighted by Crippen LogP contribution is 2.21. The summed E-state index contributed by atoms with van der Waals surface area (Å²) in [5.74, 6) is -0.381. The maximum absolute atomic E-state index is 12.1. The SMILES string of the molecule is CNc1ccc([N+](=O)[O-])cc1C(=O)NCc1nccs1. The number of benzene rings is 1. The van der Waals surface area contributed by atoms with Crippen molar-refractivity contribution in [3.63, 3.8) is 0 Å². The summed E-state index contributed by atoms with van der Waals surface area (Å²) in [4.78, 5) is 26.4. The zero-order valence-electron chi connectivity index (χ0n) is 10.6. The van der Waals surface area contributed by atoms with Crippen LogP contribution in [-0.2, 0) is 6.54 Å². The second-order valence-corrected chi connectivity index (χ2v) is 4.82. The minimum atomic E-state index is -0.531. The Hall–Kier alpha value is -2.48. The van der Waals surface area contributed by atoms with Crippen LogP contribution >= 0.6 is 11.3 Å². The van der Waals surface area contributed by atoms with Crippen LogP contribution in [0.25, 0.3) is 0 Å². The summed E-state index contributed by atoms with van der Waals surface area (Å²) >= 11 is 1.43. The van der Waals surface area contributed by atoms with Crippen molar-refractivity contribution in [2.24, 2.45) is 0 Å². The molecule has 0 aliphatic carbocycles. The Labute approximate surface area is 118 Å². The molecule has 0 radical (unpaired) electrons. The number of carbonyl (C=O) groups excluding carboxylic acids is 1. The first kappa shape index (κ1) is 13.9. The zero-order chi connectivity index (χ0) is 14.5. The minimum Gasteiger partial charge on any atom is -0.387 e. The molecule has 0 saturated heterocycles. The Morgan fingerprint density at radius 2 is 2.30 bits per heavy atom. The lowest BCUT2D eigenvalue weighted by Crippen LogP contribution is -2.23. The fourth-order valence-electron chi connectivity index (χ4n) is 1.64. The number of nitro benzene ring substituents is 1. The van der Waals surface area contributed by atoms with Crippen LogP contribution in [0.1, 0.15) is 15.4 Å². The van der Waals surface area contributed by atoms with Gasteiger partial charge in [-0.1, -0.05) is 0 Å². The normalized spacial score (nSPS) is 10.1. The summed E-state index contributed by atoms with van der Waals surface area (Å²) in [5.41, 5.74) is 0.647. The van der Waals surface area contributed by atoms with E-state index in [9.17, 15) is 14.9 Å². The molecular weight excluding hydrogens is 280 g/mol. The molecule has 7 nitrogen and oxygen atoms in total. The zero-order valence-corrected chi connectivity index (χ0v) is 11.4. The van der Waals surface area contributed by atoms with Crippen LogP contribution in [0.4, 0.5) is 11.4 Å². The van der Waals surface area contributed by atoms with E-state index in [1.54, 1.807) is 13.2 Å². The fraction of sp³-hybridized carbons (Fsp3) is 0.167. The predicted molar refractivity (Wildman–Crippen MR) is 75.9 cm³/mol. The van der Waals surface area contributed by atoms with Crippen molar-refractivity contribution in [2.75, 3.05) is 12.4 Å². The molecule has 0 bridgehead atoms. The van der Waals surface area contributed by atoms with Crippen molar-refractivity contribution in [3.8, 4) is 0 Å². The Bertz CT molecular complexity index is 628. The van der Waals surface area contributed by atoms with Gasteiger partial charge < -0.3 is 10.6 Å². The maximum atomic E-state index is 12.1. The number of non-ortho nitro benzene ring substituents is 1. The fourth-order valence-corrected chi connectivity index (χ4v) is 2.20. The van der Waals surface area contributed by atoms with Gasteiger partial charge in [-0.15, -0.1) is 11.3 Å². The number of amides is 1. The maximum Gasteiger partial charge on any atom is 0.270 e. The van der Waals surface area contributed by atoms with E-state index in [0.717, 1.165) is 5.01 Å². The summed E-state index contributed by atoms with van der Waals surface area (Å²) < 4.78 is 0. The second kappa shape index (κ2) is 6.11. The molecule has 0 aliphatic rings. The third-order valence-electron chi connectivity index (χ3n) is 2.61. The Morgan fingerprint density at radius 1 is 1.50 bits per heavy atom. The summed E-state index contributed by atoms with van der Waals surface area (Å²) in [6.07, 6.45) is 1.65. The quantitative estimate of drug-likeness (QED) is 0.649. The van der Waals surface area contributed by atoms with E-state index in [2.05, 4.69) is 15.6 Å². The van der Waals surface area contributed by atoms with Gasteiger partial charge in [0, 0.05) is 36.4 Å². The summed E-state index contributed by atoms with van der Waals surface area (Å²) in [6.45, 7) is 0.294. The van der Waals surface area contributed by atoms with E-state index in [-0.39, 0.29) is 17.2 Å². The standard InChI is InChI=1S/C12H12N4O3S/c1-13-10-3-2-8(16(18)19)6-9(10)12(17)15-7-11-14-4-5-20-11/h2-6,13H,7H2,1H3,(H,15,17). The molecule has 1 aromatic heterocycles. The molecule has 2 rings (SSSR count). The van der Waals surface area contributed by atoms with Crippen LogP contribution in [0.3, 0.4) is 0 Å². The third-order valence-corrected chi connectivity index (χ3v) is 3.39. The molecule has 0 fully saturated rings. The predicted octanol–water partition coefficient (Wildman–Crippen LogP) is 2.02. The molecule has 2 N–H and O–H groups in total. The lowest BCUT2D eigenvalue weighted by Gasteiger charge is -2.09. The minimum absolute atomic E-state index is 0.122. The molecule has 1 heterocycles.